The first-order valence-electron chi connectivity index (χ1n) is 6.87. The minimum atomic E-state index is -0.383. The molecule has 0 aliphatic carbocycles. The van der Waals surface area contributed by atoms with E-state index >= 15 is 0 Å². The zero-order valence-corrected chi connectivity index (χ0v) is 11.9. The van der Waals surface area contributed by atoms with Crippen molar-refractivity contribution in [2.45, 2.75) is 31.2 Å². The minimum absolute atomic E-state index is 0.0282. The van der Waals surface area contributed by atoms with Gasteiger partial charge in [0.05, 0.1) is 6.04 Å². The third-order valence-corrected chi connectivity index (χ3v) is 4.69. The summed E-state index contributed by atoms with van der Waals surface area (Å²) < 4.78 is 5.43. The van der Waals surface area contributed by atoms with E-state index < -0.39 is 0 Å². The molecule has 2 aliphatic heterocycles. The molecule has 3 heterocycles. The Morgan fingerprint density at radius 3 is 2.90 bits per heavy atom. The smallest absolute Gasteiger partial charge is 0.273 e. The number of hydrogen-bond acceptors (Lipinski definition) is 6. The van der Waals surface area contributed by atoms with Crippen molar-refractivity contribution in [3.63, 3.8) is 0 Å². The SMILES string of the molecule is O=C(NC1CCSC1=O)c1coc(C2CCNCC2)n1. The normalized spacial score (nSPS) is 24.0. The molecule has 2 aliphatic rings. The van der Waals surface area contributed by atoms with Crippen LogP contribution in [0.3, 0.4) is 0 Å². The van der Waals surface area contributed by atoms with Crippen LogP contribution in [0.25, 0.3) is 0 Å². The molecule has 20 heavy (non-hydrogen) atoms. The van der Waals surface area contributed by atoms with Crippen molar-refractivity contribution >= 4 is 22.8 Å². The highest BCUT2D eigenvalue weighted by atomic mass is 32.2. The van der Waals surface area contributed by atoms with Gasteiger partial charge in [-0.05, 0) is 32.4 Å². The molecular weight excluding hydrogens is 278 g/mol. The quantitative estimate of drug-likeness (QED) is 0.862. The molecule has 7 heteroatoms. The maximum atomic E-state index is 12.0. The van der Waals surface area contributed by atoms with Crippen molar-refractivity contribution in [2.24, 2.45) is 0 Å². The Bertz CT molecular complexity index is 511. The fourth-order valence-electron chi connectivity index (χ4n) is 2.51. The van der Waals surface area contributed by atoms with Gasteiger partial charge in [0, 0.05) is 11.7 Å². The molecule has 0 spiro atoms. The van der Waals surface area contributed by atoms with Gasteiger partial charge < -0.3 is 15.1 Å². The van der Waals surface area contributed by atoms with Gasteiger partial charge in [0.1, 0.15) is 6.26 Å². The predicted molar refractivity (Wildman–Crippen MR) is 74.7 cm³/mol. The highest BCUT2D eigenvalue weighted by Gasteiger charge is 2.28. The summed E-state index contributed by atoms with van der Waals surface area (Å²) in [7, 11) is 0. The third kappa shape index (κ3) is 2.88. The van der Waals surface area contributed by atoms with E-state index in [1.165, 1.54) is 18.0 Å². The lowest BCUT2D eigenvalue weighted by molar-refractivity contribution is -0.112. The van der Waals surface area contributed by atoms with Gasteiger partial charge in [0.25, 0.3) is 5.91 Å². The number of piperidine rings is 1. The van der Waals surface area contributed by atoms with Crippen LogP contribution < -0.4 is 10.6 Å². The van der Waals surface area contributed by atoms with E-state index in [0.717, 1.165) is 31.7 Å². The van der Waals surface area contributed by atoms with Crippen molar-refractivity contribution in [2.75, 3.05) is 18.8 Å². The summed E-state index contributed by atoms with van der Waals surface area (Å²) in [5.74, 6) is 1.35. The second-order valence-electron chi connectivity index (χ2n) is 5.08. The van der Waals surface area contributed by atoms with Gasteiger partial charge in [-0.3, -0.25) is 9.59 Å². The summed E-state index contributed by atoms with van der Waals surface area (Å²) in [6.45, 7) is 1.89. The van der Waals surface area contributed by atoms with Gasteiger partial charge in [0.2, 0.25) is 5.12 Å². The maximum Gasteiger partial charge on any atom is 0.273 e. The standard InChI is InChI=1S/C13H17N3O3S/c17-11(15-9-3-6-20-13(9)18)10-7-19-12(16-10)8-1-4-14-5-2-8/h7-9,14H,1-6H2,(H,15,17). The first kappa shape index (κ1) is 13.6. The average Bonchev–Trinajstić information content (AvgIpc) is 3.10. The molecular formula is C13H17N3O3S. The molecule has 0 saturated carbocycles. The van der Waals surface area contributed by atoms with E-state index in [1.807, 2.05) is 0 Å². The molecule has 2 saturated heterocycles. The lowest BCUT2D eigenvalue weighted by atomic mass is 9.98. The fraction of sp³-hybridized carbons (Fsp3) is 0.615. The van der Waals surface area contributed by atoms with Crippen molar-refractivity contribution in [1.29, 1.82) is 0 Å². The highest BCUT2D eigenvalue weighted by Crippen LogP contribution is 2.24. The third-order valence-electron chi connectivity index (χ3n) is 3.68. The van der Waals surface area contributed by atoms with Crippen molar-refractivity contribution in [1.82, 2.24) is 15.6 Å². The molecule has 0 radical (unpaired) electrons. The lowest BCUT2D eigenvalue weighted by Gasteiger charge is -2.19. The van der Waals surface area contributed by atoms with Gasteiger partial charge >= 0.3 is 0 Å². The highest BCUT2D eigenvalue weighted by molar-refractivity contribution is 8.14. The fourth-order valence-corrected chi connectivity index (χ4v) is 3.44. The number of hydrogen-bond donors (Lipinski definition) is 2. The van der Waals surface area contributed by atoms with Gasteiger partial charge in [0.15, 0.2) is 11.6 Å². The number of carbonyl (C=O) groups excluding carboxylic acids is 2. The summed E-state index contributed by atoms with van der Waals surface area (Å²) in [5.41, 5.74) is 0.267. The van der Waals surface area contributed by atoms with Crippen LogP contribution in [-0.2, 0) is 4.79 Å². The summed E-state index contributed by atoms with van der Waals surface area (Å²) in [4.78, 5) is 27.8. The summed E-state index contributed by atoms with van der Waals surface area (Å²) >= 11 is 1.27. The first-order valence-corrected chi connectivity index (χ1v) is 7.86. The van der Waals surface area contributed by atoms with Crippen LogP contribution in [0.5, 0.6) is 0 Å². The van der Waals surface area contributed by atoms with Crippen molar-refractivity contribution < 1.29 is 14.0 Å². The maximum absolute atomic E-state index is 12.0. The number of oxazole rings is 1. The second kappa shape index (κ2) is 5.97. The number of rotatable bonds is 3. The van der Waals surface area contributed by atoms with Crippen LogP contribution in [0.15, 0.2) is 10.7 Å². The number of amides is 1. The topological polar surface area (TPSA) is 84.2 Å². The van der Waals surface area contributed by atoms with Gasteiger partial charge in [-0.2, -0.15) is 0 Å². The van der Waals surface area contributed by atoms with Crippen LogP contribution in [0.4, 0.5) is 0 Å². The Labute approximate surface area is 121 Å². The molecule has 1 amide bonds. The minimum Gasteiger partial charge on any atom is -0.448 e. The number of carbonyl (C=O) groups is 2. The van der Waals surface area contributed by atoms with Gasteiger partial charge in [-0.15, -0.1) is 0 Å². The molecule has 2 N–H and O–H groups in total. The van der Waals surface area contributed by atoms with Crippen LogP contribution in [0.1, 0.15) is 41.6 Å². The number of nitrogens with one attached hydrogen (secondary N) is 2. The molecule has 108 valence electrons. The Morgan fingerprint density at radius 1 is 1.40 bits per heavy atom. The summed E-state index contributed by atoms with van der Waals surface area (Å²) in [6.07, 6.45) is 4.02. The largest absolute Gasteiger partial charge is 0.448 e. The number of aromatic nitrogens is 1. The molecule has 1 aromatic rings. The van der Waals surface area contributed by atoms with E-state index in [9.17, 15) is 9.59 Å². The summed E-state index contributed by atoms with van der Waals surface area (Å²) in [5, 5.41) is 6.02. The molecule has 3 rings (SSSR count). The molecule has 1 atom stereocenters. The zero-order chi connectivity index (χ0) is 13.9. The van der Waals surface area contributed by atoms with E-state index in [-0.39, 0.29) is 28.7 Å². The lowest BCUT2D eigenvalue weighted by Crippen LogP contribution is -2.37. The Balaban J connectivity index is 1.63. The van der Waals surface area contributed by atoms with Crippen LogP contribution >= 0.6 is 11.8 Å². The first-order chi connectivity index (χ1) is 9.74. The average molecular weight is 295 g/mol. The van der Waals surface area contributed by atoms with Crippen molar-refractivity contribution in [3.05, 3.63) is 17.8 Å². The second-order valence-corrected chi connectivity index (χ2v) is 6.18. The van der Waals surface area contributed by atoms with E-state index in [1.54, 1.807) is 0 Å². The van der Waals surface area contributed by atoms with E-state index in [0.29, 0.717) is 12.3 Å². The number of nitrogens with zero attached hydrogens (tertiary/aromatic N) is 1. The number of thioether (sulfide) groups is 1. The molecule has 6 nitrogen and oxygen atoms in total. The van der Waals surface area contributed by atoms with Crippen LogP contribution in [0.2, 0.25) is 0 Å². The molecule has 0 bridgehead atoms. The summed E-state index contributed by atoms with van der Waals surface area (Å²) in [6, 6.07) is -0.383. The van der Waals surface area contributed by atoms with E-state index in [4.69, 9.17) is 4.42 Å². The monoisotopic (exact) mass is 295 g/mol. The van der Waals surface area contributed by atoms with Gasteiger partial charge in [-0.25, -0.2) is 4.98 Å². The molecule has 1 unspecified atom stereocenters. The van der Waals surface area contributed by atoms with E-state index in [2.05, 4.69) is 15.6 Å². The molecule has 1 aromatic heterocycles. The predicted octanol–water partition coefficient (Wildman–Crippen LogP) is 0.903. The molecule has 2 fully saturated rings. The Hall–Kier alpha value is -1.34. The molecule has 0 aromatic carbocycles. The van der Waals surface area contributed by atoms with Crippen LogP contribution in [0, 0.1) is 0 Å². The Morgan fingerprint density at radius 2 is 2.20 bits per heavy atom. The van der Waals surface area contributed by atoms with Gasteiger partial charge in [-0.1, -0.05) is 11.8 Å². The van der Waals surface area contributed by atoms with Crippen molar-refractivity contribution in [3.8, 4) is 0 Å². The zero-order valence-electron chi connectivity index (χ0n) is 11.1. The Kier molecular flexibility index (Phi) is 4.07. The van der Waals surface area contributed by atoms with Crippen LogP contribution in [-0.4, -0.2) is 40.9 Å².